The van der Waals surface area contributed by atoms with Gasteiger partial charge in [-0.15, -0.1) is 0 Å². The van der Waals surface area contributed by atoms with Gasteiger partial charge < -0.3 is 15.3 Å². The molecule has 0 atom stereocenters. The molecular formula is C10H13KO5. The van der Waals surface area contributed by atoms with E-state index in [0.717, 1.165) is 55.9 Å². The summed E-state index contributed by atoms with van der Waals surface area (Å²) in [5, 5.41) is 24.6. The normalized spacial score (nSPS) is 7.75. The second-order valence-electron chi connectivity index (χ2n) is 2.37. The van der Waals surface area contributed by atoms with Crippen LogP contribution < -0.4 is 0 Å². The Morgan fingerprint density at radius 1 is 1.06 bits per heavy atom. The Morgan fingerprint density at radius 3 is 1.62 bits per heavy atom. The molecule has 84 valence electrons. The fourth-order valence-electron chi connectivity index (χ4n) is 0.604. The second-order valence-corrected chi connectivity index (χ2v) is 2.37. The van der Waals surface area contributed by atoms with Crippen LogP contribution in [0.5, 0.6) is 5.75 Å². The number of hydrogen-bond acceptors (Lipinski definition) is 3. The van der Waals surface area contributed by atoms with Crippen molar-refractivity contribution >= 4 is 60.9 Å². The number of aromatic carboxylic acids is 1. The van der Waals surface area contributed by atoms with E-state index in [1.807, 2.05) is 0 Å². The SMILES string of the molecule is CC(=O)O.O=C(O)c1ccc(O)cc1.[CH3][K]. The third kappa shape index (κ3) is 11.7. The summed E-state index contributed by atoms with van der Waals surface area (Å²) in [5.74, 6) is -1.75. The molecule has 0 spiro atoms. The molecule has 6 heteroatoms. The van der Waals surface area contributed by atoms with Gasteiger partial charge in [-0.1, -0.05) is 0 Å². The van der Waals surface area contributed by atoms with Gasteiger partial charge >= 0.3 is 55.9 Å². The molecule has 0 unspecified atom stereocenters. The molecule has 0 amide bonds. The van der Waals surface area contributed by atoms with Gasteiger partial charge in [0.05, 0.1) is 5.56 Å². The van der Waals surface area contributed by atoms with Crippen molar-refractivity contribution in [2.45, 2.75) is 7.94 Å². The zero-order valence-electron chi connectivity index (χ0n) is 9.47. The van der Waals surface area contributed by atoms with Gasteiger partial charge in [0.25, 0.3) is 5.97 Å². The molecule has 5 nitrogen and oxygen atoms in total. The maximum atomic E-state index is 10.2. The molecule has 0 aromatic heterocycles. The quantitative estimate of drug-likeness (QED) is 0.656. The fraction of sp³-hybridized carbons (Fsp3) is 0.200. The molecule has 1 rings (SSSR count). The summed E-state index contributed by atoms with van der Waals surface area (Å²) in [5.41, 5.74) is 0.179. The Kier molecular flexibility index (Phi) is 12.5. The molecule has 0 heterocycles. The van der Waals surface area contributed by atoms with Crippen LogP contribution in [-0.2, 0) is 4.79 Å². The number of carboxylic acids is 2. The van der Waals surface area contributed by atoms with Crippen molar-refractivity contribution in [1.29, 1.82) is 0 Å². The predicted octanol–water partition coefficient (Wildman–Crippen LogP) is 1.38. The van der Waals surface area contributed by atoms with E-state index in [2.05, 4.69) is 1.02 Å². The van der Waals surface area contributed by atoms with Crippen molar-refractivity contribution < 1.29 is 24.9 Å². The number of carboxylic acid groups (broad SMARTS) is 2. The number of phenols is 1. The third-order valence-electron chi connectivity index (χ3n) is 1.11. The Morgan fingerprint density at radius 2 is 1.38 bits per heavy atom. The van der Waals surface area contributed by atoms with Crippen LogP contribution in [0.15, 0.2) is 24.3 Å². The minimum atomic E-state index is -0.986. The van der Waals surface area contributed by atoms with Crippen LogP contribution in [0, 0.1) is 0 Å². The van der Waals surface area contributed by atoms with E-state index in [1.165, 1.54) is 24.3 Å². The average molecular weight is 252 g/mol. The first kappa shape index (κ1) is 18.0. The van der Waals surface area contributed by atoms with Gasteiger partial charge in [-0.25, -0.2) is 4.79 Å². The Balaban J connectivity index is 0. The van der Waals surface area contributed by atoms with Gasteiger partial charge in [-0.05, 0) is 24.3 Å². The summed E-state index contributed by atoms with van der Waals surface area (Å²) in [4.78, 5) is 19.2. The van der Waals surface area contributed by atoms with Crippen LogP contribution >= 0.6 is 0 Å². The van der Waals surface area contributed by atoms with E-state index >= 15 is 0 Å². The number of hydrogen-bond donors (Lipinski definition) is 3. The van der Waals surface area contributed by atoms with Gasteiger partial charge in [0.15, 0.2) is 0 Å². The predicted molar refractivity (Wildman–Crippen MR) is 60.0 cm³/mol. The minimum absolute atomic E-state index is 0.0741. The third-order valence-corrected chi connectivity index (χ3v) is 1.11. The van der Waals surface area contributed by atoms with E-state index in [1.54, 1.807) is 0 Å². The van der Waals surface area contributed by atoms with Crippen molar-refractivity contribution in [3.05, 3.63) is 29.8 Å². The van der Waals surface area contributed by atoms with Gasteiger partial charge in [0, 0.05) is 6.92 Å². The number of benzene rings is 1. The monoisotopic (exact) mass is 252 g/mol. The Bertz CT molecular complexity index is 316. The van der Waals surface area contributed by atoms with E-state index < -0.39 is 11.9 Å². The molecule has 3 N–H and O–H groups in total. The zero-order chi connectivity index (χ0) is 13.1. The van der Waals surface area contributed by atoms with E-state index in [9.17, 15) is 4.79 Å². The molecule has 0 bridgehead atoms. The van der Waals surface area contributed by atoms with Crippen LogP contribution in [0.2, 0.25) is 1.02 Å². The summed E-state index contributed by atoms with van der Waals surface area (Å²) in [6.45, 7) is 1.08. The molecule has 1 aromatic rings. The Hall–Kier alpha value is -0.404. The van der Waals surface area contributed by atoms with Gasteiger partial charge in [-0.2, -0.15) is 0 Å². The number of carbonyl (C=O) groups is 2. The van der Waals surface area contributed by atoms with E-state index in [0.29, 0.717) is 0 Å². The van der Waals surface area contributed by atoms with Crippen molar-refractivity contribution in [3.8, 4) is 5.75 Å². The molecule has 0 aliphatic rings. The van der Waals surface area contributed by atoms with Crippen molar-refractivity contribution in [2.24, 2.45) is 0 Å². The number of aromatic hydroxyl groups is 1. The zero-order valence-corrected chi connectivity index (χ0v) is 12.6. The Labute approximate surface area is 128 Å². The number of phenolic OH excluding ortho intramolecular Hbond substituents is 1. The number of aliphatic carboxylic acids is 1. The average Bonchev–Trinajstić information content (AvgIpc) is 2.20. The molecule has 0 fully saturated rings. The molecular weight excluding hydrogens is 239 g/mol. The van der Waals surface area contributed by atoms with Crippen LogP contribution in [0.25, 0.3) is 0 Å². The first-order chi connectivity index (χ1) is 7.43. The molecule has 0 saturated carbocycles. The van der Waals surface area contributed by atoms with Crippen LogP contribution in [-0.4, -0.2) is 76.2 Å². The summed E-state index contributed by atoms with van der Waals surface area (Å²) in [7, 11) is 0. The van der Waals surface area contributed by atoms with E-state index in [4.69, 9.17) is 20.1 Å². The van der Waals surface area contributed by atoms with Gasteiger partial charge in [0.1, 0.15) is 5.75 Å². The second kappa shape index (κ2) is 11.1. The van der Waals surface area contributed by atoms with E-state index in [-0.39, 0.29) is 11.3 Å². The summed E-state index contributed by atoms with van der Waals surface area (Å²) in [6, 6.07) is 5.36. The standard InChI is InChI=1S/C7H6O3.C2H4O2.CH3.K/c8-6-3-1-5(2-4-6)7(9)10;1-2(3)4;;/h1-4,8H,(H,9,10);1H3,(H,3,4);1H3;. The van der Waals surface area contributed by atoms with Crippen molar-refractivity contribution in [2.75, 3.05) is 0 Å². The molecule has 0 radical (unpaired) electrons. The summed E-state index contributed by atoms with van der Waals surface area (Å²) >= 11 is 1.06. The van der Waals surface area contributed by atoms with Crippen molar-refractivity contribution in [1.82, 2.24) is 0 Å². The number of rotatable bonds is 1. The maximum absolute atomic E-state index is 10.2. The summed E-state index contributed by atoms with van der Waals surface area (Å²) < 4.78 is 2.19. The fourth-order valence-corrected chi connectivity index (χ4v) is 0.604. The van der Waals surface area contributed by atoms with Crippen molar-refractivity contribution in [3.63, 3.8) is 0 Å². The topological polar surface area (TPSA) is 94.8 Å². The van der Waals surface area contributed by atoms with Crippen LogP contribution in [0.1, 0.15) is 17.3 Å². The molecule has 0 aliphatic carbocycles. The molecule has 1 aromatic carbocycles. The molecule has 0 aliphatic heterocycles. The van der Waals surface area contributed by atoms with Crippen LogP contribution in [0.4, 0.5) is 0 Å². The summed E-state index contributed by atoms with van der Waals surface area (Å²) in [6.07, 6.45) is 0. The first-order valence-electron chi connectivity index (χ1n) is 4.65. The van der Waals surface area contributed by atoms with Gasteiger partial charge in [0.2, 0.25) is 0 Å². The molecule has 0 saturated heterocycles. The molecule has 16 heavy (non-hydrogen) atoms. The first-order valence-corrected chi connectivity index (χ1v) is 7.77. The van der Waals surface area contributed by atoms with Crippen LogP contribution in [0.3, 0.4) is 0 Å². The van der Waals surface area contributed by atoms with Gasteiger partial charge in [-0.3, -0.25) is 4.79 Å².